The SMILES string of the molecule is COc1ccccc1NC(=O)C1C(=O)N(Cc2ccccc2)C2(C)CC1c1ccccc1O2. The molecule has 1 saturated heterocycles. The second kappa shape index (κ2) is 8.28. The number of hydrogen-bond acceptors (Lipinski definition) is 4. The largest absolute Gasteiger partial charge is 0.495 e. The molecule has 0 aromatic heterocycles. The number of nitrogens with one attached hydrogen (secondary N) is 1. The van der Waals surface area contributed by atoms with Gasteiger partial charge in [0.05, 0.1) is 12.8 Å². The molecule has 2 aliphatic rings. The van der Waals surface area contributed by atoms with E-state index in [-0.39, 0.29) is 17.7 Å². The van der Waals surface area contributed by atoms with E-state index in [0.29, 0.717) is 24.4 Å². The van der Waals surface area contributed by atoms with Crippen LogP contribution < -0.4 is 14.8 Å². The van der Waals surface area contributed by atoms with Crippen molar-refractivity contribution in [1.29, 1.82) is 0 Å². The number of nitrogens with zero attached hydrogens (tertiary/aromatic N) is 1. The van der Waals surface area contributed by atoms with Crippen molar-refractivity contribution < 1.29 is 19.1 Å². The number of rotatable bonds is 5. The summed E-state index contributed by atoms with van der Waals surface area (Å²) in [6, 6.07) is 24.7. The van der Waals surface area contributed by atoms with Gasteiger partial charge in [0, 0.05) is 18.9 Å². The van der Waals surface area contributed by atoms with Gasteiger partial charge in [0.25, 0.3) is 0 Å². The monoisotopic (exact) mass is 442 g/mol. The van der Waals surface area contributed by atoms with Crippen LogP contribution >= 0.6 is 0 Å². The number of carbonyl (C=O) groups is 2. The van der Waals surface area contributed by atoms with Crippen LogP contribution in [0.25, 0.3) is 0 Å². The number of ether oxygens (including phenoxy) is 2. The average molecular weight is 443 g/mol. The standard InChI is InChI=1S/C27H26N2O4/c1-27-16-20(19-12-6-8-14-22(19)33-27)24(25(30)28-21-13-7-9-15-23(21)32-2)26(31)29(27)17-18-10-4-3-5-11-18/h3-15,20,24H,16-17H2,1-2H3,(H,28,30). The van der Waals surface area contributed by atoms with Crippen molar-refractivity contribution in [3.05, 3.63) is 90.0 Å². The van der Waals surface area contributed by atoms with E-state index in [1.54, 1.807) is 24.1 Å². The fourth-order valence-corrected chi connectivity index (χ4v) is 4.98. The Balaban J connectivity index is 1.54. The molecule has 2 aliphatic heterocycles. The van der Waals surface area contributed by atoms with Crippen LogP contribution in [-0.4, -0.2) is 29.5 Å². The molecule has 2 bridgehead atoms. The van der Waals surface area contributed by atoms with Crippen LogP contribution in [0, 0.1) is 5.92 Å². The van der Waals surface area contributed by atoms with Gasteiger partial charge in [-0.15, -0.1) is 0 Å². The molecular weight excluding hydrogens is 416 g/mol. The molecule has 2 amide bonds. The summed E-state index contributed by atoms with van der Waals surface area (Å²) in [5.41, 5.74) is 1.58. The molecular formula is C27H26N2O4. The number of anilines is 1. The Kier molecular flexibility index (Phi) is 5.29. The van der Waals surface area contributed by atoms with Crippen LogP contribution in [0.2, 0.25) is 0 Å². The summed E-state index contributed by atoms with van der Waals surface area (Å²) in [6.07, 6.45) is 0.534. The predicted molar refractivity (Wildman–Crippen MR) is 125 cm³/mol. The first-order valence-corrected chi connectivity index (χ1v) is 11.1. The Morgan fingerprint density at radius 2 is 1.76 bits per heavy atom. The molecule has 5 rings (SSSR count). The number of piperidine rings is 1. The lowest BCUT2D eigenvalue weighted by atomic mass is 9.73. The number of carbonyl (C=O) groups excluding carboxylic acids is 2. The first kappa shape index (κ1) is 21.1. The zero-order valence-corrected chi connectivity index (χ0v) is 18.7. The highest BCUT2D eigenvalue weighted by Gasteiger charge is 2.56. The smallest absolute Gasteiger partial charge is 0.239 e. The van der Waals surface area contributed by atoms with E-state index in [1.807, 2.05) is 73.7 Å². The maximum absolute atomic E-state index is 13.9. The van der Waals surface area contributed by atoms with Crippen molar-refractivity contribution in [1.82, 2.24) is 4.90 Å². The Labute approximate surface area is 193 Å². The summed E-state index contributed by atoms with van der Waals surface area (Å²) >= 11 is 0. The van der Waals surface area contributed by atoms with Crippen molar-refractivity contribution in [3.8, 4) is 11.5 Å². The number of fused-ring (bicyclic) bond motifs is 4. The van der Waals surface area contributed by atoms with E-state index < -0.39 is 11.6 Å². The number of benzene rings is 3. The van der Waals surface area contributed by atoms with Crippen molar-refractivity contribution >= 4 is 17.5 Å². The van der Waals surface area contributed by atoms with E-state index >= 15 is 0 Å². The fraction of sp³-hybridized carbons (Fsp3) is 0.259. The molecule has 1 fully saturated rings. The van der Waals surface area contributed by atoms with E-state index in [4.69, 9.17) is 9.47 Å². The summed E-state index contributed by atoms with van der Waals surface area (Å²) in [6.45, 7) is 2.30. The summed E-state index contributed by atoms with van der Waals surface area (Å²) in [7, 11) is 1.55. The zero-order chi connectivity index (χ0) is 23.0. The lowest BCUT2D eigenvalue weighted by Crippen LogP contribution is -2.63. The summed E-state index contributed by atoms with van der Waals surface area (Å²) in [5, 5.41) is 2.94. The third-order valence-corrected chi connectivity index (χ3v) is 6.58. The third-order valence-electron chi connectivity index (χ3n) is 6.58. The minimum atomic E-state index is -0.878. The fourth-order valence-electron chi connectivity index (χ4n) is 4.98. The first-order valence-electron chi connectivity index (χ1n) is 11.1. The third kappa shape index (κ3) is 3.71. The quantitative estimate of drug-likeness (QED) is 0.588. The van der Waals surface area contributed by atoms with Gasteiger partial charge in [-0.1, -0.05) is 60.7 Å². The number of likely N-dealkylation sites (tertiary alicyclic amines) is 1. The highest BCUT2D eigenvalue weighted by molar-refractivity contribution is 6.08. The van der Waals surface area contributed by atoms with Gasteiger partial charge in [-0.05, 0) is 36.2 Å². The van der Waals surface area contributed by atoms with Gasteiger partial charge in [-0.2, -0.15) is 0 Å². The molecule has 168 valence electrons. The Hall–Kier alpha value is -3.80. The van der Waals surface area contributed by atoms with Crippen LogP contribution in [0.3, 0.4) is 0 Å². The zero-order valence-electron chi connectivity index (χ0n) is 18.7. The molecule has 3 aromatic carbocycles. The van der Waals surface area contributed by atoms with E-state index in [0.717, 1.165) is 16.9 Å². The van der Waals surface area contributed by atoms with E-state index in [2.05, 4.69) is 5.32 Å². The highest BCUT2D eigenvalue weighted by atomic mass is 16.5. The molecule has 0 aliphatic carbocycles. The van der Waals surface area contributed by atoms with Gasteiger partial charge >= 0.3 is 0 Å². The molecule has 6 nitrogen and oxygen atoms in total. The van der Waals surface area contributed by atoms with Crippen LogP contribution in [-0.2, 0) is 16.1 Å². The van der Waals surface area contributed by atoms with E-state index in [1.165, 1.54) is 0 Å². The van der Waals surface area contributed by atoms with Crippen LogP contribution in [0.4, 0.5) is 5.69 Å². The van der Waals surface area contributed by atoms with Crippen molar-refractivity contribution in [2.45, 2.75) is 31.5 Å². The first-order chi connectivity index (χ1) is 16.0. The van der Waals surface area contributed by atoms with Crippen molar-refractivity contribution in [3.63, 3.8) is 0 Å². The van der Waals surface area contributed by atoms with Gasteiger partial charge in [0.2, 0.25) is 11.8 Å². The second-order valence-corrected chi connectivity index (χ2v) is 8.70. The summed E-state index contributed by atoms with van der Waals surface area (Å²) in [4.78, 5) is 29.2. The molecule has 3 atom stereocenters. The van der Waals surface area contributed by atoms with Crippen LogP contribution in [0.1, 0.15) is 30.4 Å². The molecule has 0 radical (unpaired) electrons. The lowest BCUT2D eigenvalue weighted by Gasteiger charge is -2.52. The minimum Gasteiger partial charge on any atom is -0.495 e. The summed E-state index contributed by atoms with van der Waals surface area (Å²) < 4.78 is 11.8. The van der Waals surface area contributed by atoms with Crippen LogP contribution in [0.5, 0.6) is 11.5 Å². The minimum absolute atomic E-state index is 0.237. The Bertz CT molecular complexity index is 1200. The van der Waals surface area contributed by atoms with Gasteiger partial charge in [-0.3, -0.25) is 14.5 Å². The Morgan fingerprint density at radius 1 is 1.06 bits per heavy atom. The van der Waals surface area contributed by atoms with Gasteiger partial charge in [0.1, 0.15) is 17.4 Å². The predicted octanol–water partition coefficient (Wildman–Crippen LogP) is 4.57. The number of hydrogen-bond donors (Lipinski definition) is 1. The molecule has 0 saturated carbocycles. The molecule has 3 unspecified atom stereocenters. The van der Waals surface area contributed by atoms with Gasteiger partial charge < -0.3 is 14.8 Å². The molecule has 0 spiro atoms. The van der Waals surface area contributed by atoms with E-state index in [9.17, 15) is 9.59 Å². The maximum Gasteiger partial charge on any atom is 0.239 e. The number of amides is 2. The number of para-hydroxylation sites is 3. The normalized spacial score (nSPS) is 23.3. The molecule has 6 heteroatoms. The lowest BCUT2D eigenvalue weighted by molar-refractivity contribution is -0.177. The van der Waals surface area contributed by atoms with Gasteiger partial charge in [0.15, 0.2) is 5.72 Å². The van der Waals surface area contributed by atoms with Crippen molar-refractivity contribution in [2.24, 2.45) is 5.92 Å². The van der Waals surface area contributed by atoms with Crippen LogP contribution in [0.15, 0.2) is 78.9 Å². The number of methoxy groups -OCH3 is 1. The summed E-state index contributed by atoms with van der Waals surface area (Å²) in [5.74, 6) is -0.471. The molecule has 33 heavy (non-hydrogen) atoms. The van der Waals surface area contributed by atoms with Crippen molar-refractivity contribution in [2.75, 3.05) is 12.4 Å². The van der Waals surface area contributed by atoms with Gasteiger partial charge in [-0.25, -0.2) is 0 Å². The second-order valence-electron chi connectivity index (χ2n) is 8.70. The molecule has 3 aromatic rings. The Morgan fingerprint density at radius 3 is 2.55 bits per heavy atom. The molecule has 2 heterocycles. The maximum atomic E-state index is 13.9. The average Bonchev–Trinajstić information content (AvgIpc) is 2.82. The highest BCUT2D eigenvalue weighted by Crippen LogP contribution is 2.50. The molecule has 1 N–H and O–H groups in total. The topological polar surface area (TPSA) is 67.9 Å².